The molecule has 0 aliphatic rings. The van der Waals surface area contributed by atoms with Crippen molar-refractivity contribution in [2.24, 2.45) is 0 Å². The maximum Gasteiger partial charge on any atom is 0.143 e. The maximum atomic E-state index is 6.11. The first-order valence-corrected chi connectivity index (χ1v) is 7.74. The SMILES string of the molecule is CC(Nc1cnc(Cl)c(Br)c1)c1cc(Cl)sc1Cl. The molecule has 1 unspecified atom stereocenters. The van der Waals surface area contributed by atoms with E-state index in [2.05, 4.69) is 26.2 Å². The molecule has 0 radical (unpaired) electrons. The highest BCUT2D eigenvalue weighted by Gasteiger charge is 2.13. The Morgan fingerprint density at radius 1 is 1.33 bits per heavy atom. The van der Waals surface area contributed by atoms with Crippen molar-refractivity contribution in [3.63, 3.8) is 0 Å². The fourth-order valence-corrected chi connectivity index (χ4v) is 3.57. The third-order valence-corrected chi connectivity index (χ3v) is 4.98. The Morgan fingerprint density at radius 2 is 2.06 bits per heavy atom. The van der Waals surface area contributed by atoms with Crippen LogP contribution < -0.4 is 5.32 Å². The van der Waals surface area contributed by atoms with Crippen LogP contribution in [0.1, 0.15) is 18.5 Å². The van der Waals surface area contributed by atoms with Crippen molar-refractivity contribution in [2.45, 2.75) is 13.0 Å². The Bertz CT molecular complexity index is 573. The van der Waals surface area contributed by atoms with Crippen LogP contribution in [-0.2, 0) is 0 Å². The van der Waals surface area contributed by atoms with E-state index < -0.39 is 0 Å². The third kappa shape index (κ3) is 3.31. The Balaban J connectivity index is 2.18. The molecule has 0 aromatic carbocycles. The molecule has 96 valence electrons. The van der Waals surface area contributed by atoms with Gasteiger partial charge in [-0.15, -0.1) is 11.3 Å². The Hall–Kier alpha value is -0.0000000000000000555. The van der Waals surface area contributed by atoms with Crippen LogP contribution in [0.15, 0.2) is 22.8 Å². The second-order valence-electron chi connectivity index (χ2n) is 3.64. The molecule has 2 nitrogen and oxygen atoms in total. The summed E-state index contributed by atoms with van der Waals surface area (Å²) in [5.41, 5.74) is 1.83. The summed E-state index contributed by atoms with van der Waals surface area (Å²) < 4.78 is 2.12. The van der Waals surface area contributed by atoms with Crippen molar-refractivity contribution >= 4 is 67.8 Å². The minimum atomic E-state index is 0.0381. The van der Waals surface area contributed by atoms with Crippen molar-refractivity contribution in [3.05, 3.63) is 42.2 Å². The zero-order valence-electron chi connectivity index (χ0n) is 9.18. The second kappa shape index (κ2) is 5.97. The molecule has 0 amide bonds. The Morgan fingerprint density at radius 3 is 2.61 bits per heavy atom. The summed E-state index contributed by atoms with van der Waals surface area (Å²) >= 11 is 22.6. The summed E-state index contributed by atoms with van der Waals surface area (Å²) in [4.78, 5) is 4.05. The minimum Gasteiger partial charge on any atom is -0.377 e. The Labute approximate surface area is 132 Å². The van der Waals surface area contributed by atoms with Gasteiger partial charge in [0.05, 0.1) is 31.1 Å². The number of hydrogen-bond donors (Lipinski definition) is 1. The van der Waals surface area contributed by atoms with E-state index >= 15 is 0 Å². The highest BCUT2D eigenvalue weighted by molar-refractivity contribution is 9.10. The van der Waals surface area contributed by atoms with Gasteiger partial charge in [0.1, 0.15) is 5.15 Å². The van der Waals surface area contributed by atoms with Crippen LogP contribution in [0.3, 0.4) is 0 Å². The lowest BCUT2D eigenvalue weighted by Gasteiger charge is -2.14. The molecule has 0 aliphatic carbocycles. The number of halogens is 4. The Kier molecular flexibility index (Phi) is 4.78. The molecule has 2 rings (SSSR count). The van der Waals surface area contributed by atoms with Gasteiger partial charge >= 0.3 is 0 Å². The largest absolute Gasteiger partial charge is 0.377 e. The van der Waals surface area contributed by atoms with Crippen LogP contribution in [-0.4, -0.2) is 4.98 Å². The topological polar surface area (TPSA) is 24.9 Å². The summed E-state index contributed by atoms with van der Waals surface area (Å²) in [6.45, 7) is 2.01. The monoisotopic (exact) mass is 384 g/mol. The van der Waals surface area contributed by atoms with Crippen molar-refractivity contribution in [3.8, 4) is 0 Å². The van der Waals surface area contributed by atoms with E-state index in [1.807, 2.05) is 19.1 Å². The molecule has 0 saturated carbocycles. The van der Waals surface area contributed by atoms with E-state index in [1.54, 1.807) is 6.20 Å². The van der Waals surface area contributed by atoms with Crippen LogP contribution >= 0.6 is 62.1 Å². The fraction of sp³-hybridized carbons (Fsp3) is 0.182. The lowest BCUT2D eigenvalue weighted by Crippen LogP contribution is -2.06. The van der Waals surface area contributed by atoms with Crippen LogP contribution in [0, 0.1) is 0 Å². The molecule has 2 aromatic heterocycles. The first-order chi connectivity index (χ1) is 8.47. The minimum absolute atomic E-state index is 0.0381. The fourth-order valence-electron chi connectivity index (χ4n) is 1.48. The molecule has 0 spiro atoms. The van der Waals surface area contributed by atoms with Gasteiger partial charge in [-0.05, 0) is 35.0 Å². The van der Waals surface area contributed by atoms with E-state index in [0.29, 0.717) is 13.8 Å². The number of thiophene rings is 1. The molecular formula is C11H8BrCl3N2S. The average Bonchev–Trinajstić information content (AvgIpc) is 2.63. The molecule has 18 heavy (non-hydrogen) atoms. The quantitative estimate of drug-likeness (QED) is 0.651. The normalized spacial score (nSPS) is 12.5. The number of nitrogens with zero attached hydrogens (tertiary/aromatic N) is 1. The predicted molar refractivity (Wildman–Crippen MR) is 83.3 cm³/mol. The lowest BCUT2D eigenvalue weighted by atomic mass is 10.2. The zero-order valence-corrected chi connectivity index (χ0v) is 13.8. The lowest BCUT2D eigenvalue weighted by molar-refractivity contribution is 0.888. The van der Waals surface area contributed by atoms with Crippen molar-refractivity contribution in [2.75, 3.05) is 5.32 Å². The van der Waals surface area contributed by atoms with Gasteiger partial charge in [0, 0.05) is 5.56 Å². The van der Waals surface area contributed by atoms with Crippen LogP contribution in [0.5, 0.6) is 0 Å². The molecule has 0 fully saturated rings. The van der Waals surface area contributed by atoms with Crippen LogP contribution in [0.4, 0.5) is 5.69 Å². The average molecular weight is 387 g/mol. The van der Waals surface area contributed by atoms with E-state index in [0.717, 1.165) is 15.7 Å². The molecule has 7 heteroatoms. The summed E-state index contributed by atoms with van der Waals surface area (Å²) in [6.07, 6.45) is 1.67. The summed E-state index contributed by atoms with van der Waals surface area (Å²) in [6, 6.07) is 3.77. The molecule has 0 bridgehead atoms. The molecular weight excluding hydrogens is 378 g/mol. The van der Waals surface area contributed by atoms with Gasteiger partial charge in [-0.1, -0.05) is 34.8 Å². The van der Waals surface area contributed by atoms with Crippen molar-refractivity contribution < 1.29 is 0 Å². The standard InChI is InChI=1S/C11H8BrCl3N2S/c1-5(7-3-9(13)18-11(7)15)17-6-2-8(12)10(14)16-4-6/h2-5,17H,1H3. The highest BCUT2D eigenvalue weighted by atomic mass is 79.9. The van der Waals surface area contributed by atoms with E-state index in [9.17, 15) is 0 Å². The first-order valence-electron chi connectivity index (χ1n) is 4.99. The number of hydrogen-bond acceptors (Lipinski definition) is 3. The van der Waals surface area contributed by atoms with Crippen molar-refractivity contribution in [1.29, 1.82) is 0 Å². The summed E-state index contributed by atoms with van der Waals surface area (Å²) in [5, 5.41) is 3.73. The highest BCUT2D eigenvalue weighted by Crippen LogP contribution is 2.36. The number of aromatic nitrogens is 1. The van der Waals surface area contributed by atoms with Gasteiger partial charge in [-0.2, -0.15) is 0 Å². The molecule has 1 atom stereocenters. The van der Waals surface area contributed by atoms with E-state index in [4.69, 9.17) is 34.8 Å². The zero-order chi connectivity index (χ0) is 13.3. The third-order valence-electron chi connectivity index (χ3n) is 2.33. The first kappa shape index (κ1) is 14.4. The van der Waals surface area contributed by atoms with Crippen LogP contribution in [0.25, 0.3) is 0 Å². The van der Waals surface area contributed by atoms with Crippen LogP contribution in [0.2, 0.25) is 13.8 Å². The van der Waals surface area contributed by atoms with Gasteiger partial charge in [0.15, 0.2) is 0 Å². The molecule has 1 N–H and O–H groups in total. The molecule has 0 saturated heterocycles. The van der Waals surface area contributed by atoms with Gasteiger partial charge in [-0.3, -0.25) is 0 Å². The molecule has 2 heterocycles. The van der Waals surface area contributed by atoms with Gasteiger partial charge in [-0.25, -0.2) is 4.98 Å². The molecule has 0 aliphatic heterocycles. The van der Waals surface area contributed by atoms with Crippen molar-refractivity contribution in [1.82, 2.24) is 4.98 Å². The number of pyridine rings is 1. The molecule has 2 aromatic rings. The van der Waals surface area contributed by atoms with E-state index in [1.165, 1.54) is 11.3 Å². The number of rotatable bonds is 3. The van der Waals surface area contributed by atoms with E-state index in [-0.39, 0.29) is 6.04 Å². The number of anilines is 1. The smallest absolute Gasteiger partial charge is 0.143 e. The van der Waals surface area contributed by atoms with Gasteiger partial charge < -0.3 is 5.32 Å². The summed E-state index contributed by atoms with van der Waals surface area (Å²) in [5.74, 6) is 0. The predicted octanol–water partition coefficient (Wildman–Crippen LogP) is 6.04. The van der Waals surface area contributed by atoms with Gasteiger partial charge in [0.25, 0.3) is 0 Å². The van der Waals surface area contributed by atoms with Gasteiger partial charge in [0.2, 0.25) is 0 Å². The maximum absolute atomic E-state index is 6.11. The summed E-state index contributed by atoms with van der Waals surface area (Å²) in [7, 11) is 0. The second-order valence-corrected chi connectivity index (χ2v) is 7.14. The number of nitrogens with one attached hydrogen (secondary N) is 1.